The highest BCUT2D eigenvalue weighted by Gasteiger charge is 2.40. The van der Waals surface area contributed by atoms with E-state index in [1.54, 1.807) is 29.8 Å². The topological polar surface area (TPSA) is 202 Å². The standard InChI is InChI=1S/C43H50N8O9/c1-22(56-3)35(48-42(54)58-5)40(52)50-15-7-9-32(50)38-44-20-31(46-38)25-11-13-27-26(17-25)21-60-34-19-28-24(18-29(27)34)12-14-30-37(28)47-39(45-30)33-10-8-16-51(33)41(53)36(23(2)57-4)49-43(55)59-6/h11-14,17-20,22-23,32-33,35-36H,7-10,15-16,21H2,1-6H3,(H,44,46)(H,45,47)(H,48,54)(H,49,55)/t22-,23-,32+,33+,35?,36+/m1/s1. The van der Waals surface area contributed by atoms with E-state index in [2.05, 4.69) is 50.9 Å². The van der Waals surface area contributed by atoms with Gasteiger partial charge in [0.1, 0.15) is 36.1 Å². The van der Waals surface area contributed by atoms with Crippen molar-refractivity contribution >= 4 is 45.8 Å². The van der Waals surface area contributed by atoms with E-state index in [-0.39, 0.29) is 23.9 Å². The molecule has 0 bridgehead atoms. The van der Waals surface area contributed by atoms with Crippen molar-refractivity contribution < 1.29 is 42.9 Å². The summed E-state index contributed by atoms with van der Waals surface area (Å²) in [5.41, 5.74) is 6.44. The van der Waals surface area contributed by atoms with E-state index in [1.165, 1.54) is 28.4 Å². The average Bonchev–Trinajstić information content (AvgIpc) is 4.12. The number of rotatable bonds is 11. The molecule has 2 fully saturated rings. The van der Waals surface area contributed by atoms with Crippen molar-refractivity contribution in [1.29, 1.82) is 0 Å². The van der Waals surface area contributed by atoms with E-state index in [0.29, 0.717) is 31.3 Å². The third-order valence-electron chi connectivity index (χ3n) is 12.1. The Balaban J connectivity index is 1.03. The quantitative estimate of drug-likeness (QED) is 0.131. The number of fused-ring (bicyclic) bond motifs is 6. The first-order valence-corrected chi connectivity index (χ1v) is 20.2. The van der Waals surface area contributed by atoms with Gasteiger partial charge in [-0.25, -0.2) is 19.6 Å². The van der Waals surface area contributed by atoms with E-state index in [4.69, 9.17) is 33.7 Å². The van der Waals surface area contributed by atoms with Crippen molar-refractivity contribution in [2.24, 2.45) is 0 Å². The van der Waals surface area contributed by atoms with Crippen molar-refractivity contribution in [1.82, 2.24) is 40.4 Å². The lowest BCUT2D eigenvalue weighted by Gasteiger charge is -2.30. The number of ether oxygens (including phenoxy) is 5. The molecule has 4 N–H and O–H groups in total. The first kappa shape index (κ1) is 40.6. The Kier molecular flexibility index (Phi) is 11.4. The lowest BCUT2D eigenvalue weighted by molar-refractivity contribution is -0.138. The van der Waals surface area contributed by atoms with Gasteiger partial charge in [0.15, 0.2) is 0 Å². The Morgan fingerprint density at radius 2 is 1.42 bits per heavy atom. The van der Waals surface area contributed by atoms with Crippen molar-refractivity contribution in [2.75, 3.05) is 41.5 Å². The Hall–Kier alpha value is -6.20. The van der Waals surface area contributed by atoms with Crippen LogP contribution in [0.2, 0.25) is 0 Å². The molecule has 60 heavy (non-hydrogen) atoms. The van der Waals surface area contributed by atoms with E-state index >= 15 is 0 Å². The predicted molar refractivity (Wildman–Crippen MR) is 220 cm³/mol. The maximum absolute atomic E-state index is 13.8. The summed E-state index contributed by atoms with van der Waals surface area (Å²) in [6, 6.07) is 12.1. The first-order chi connectivity index (χ1) is 29.0. The monoisotopic (exact) mass is 822 g/mol. The number of aromatic nitrogens is 4. The lowest BCUT2D eigenvalue weighted by atomic mass is 9.92. The molecule has 8 rings (SSSR count). The summed E-state index contributed by atoms with van der Waals surface area (Å²) in [6.45, 7) is 4.88. The van der Waals surface area contributed by atoms with Crippen LogP contribution >= 0.6 is 0 Å². The molecule has 3 aliphatic heterocycles. The summed E-state index contributed by atoms with van der Waals surface area (Å²) in [5.74, 6) is 1.58. The highest BCUT2D eigenvalue weighted by molar-refractivity contribution is 6.07. The number of hydrogen-bond donors (Lipinski definition) is 4. The van der Waals surface area contributed by atoms with Crippen LogP contribution in [0.5, 0.6) is 5.75 Å². The van der Waals surface area contributed by atoms with Gasteiger partial charge in [0.25, 0.3) is 0 Å². The highest BCUT2D eigenvalue weighted by atomic mass is 16.5. The summed E-state index contributed by atoms with van der Waals surface area (Å²) in [5, 5.41) is 7.19. The van der Waals surface area contributed by atoms with Crippen LogP contribution in [0.1, 0.15) is 68.8 Å². The fourth-order valence-corrected chi connectivity index (χ4v) is 8.67. The van der Waals surface area contributed by atoms with Crippen LogP contribution in [-0.2, 0) is 35.1 Å². The Morgan fingerprint density at radius 1 is 0.783 bits per heavy atom. The smallest absolute Gasteiger partial charge is 0.407 e. The van der Waals surface area contributed by atoms with Crippen LogP contribution in [0.15, 0.2) is 48.7 Å². The predicted octanol–water partition coefficient (Wildman–Crippen LogP) is 5.51. The van der Waals surface area contributed by atoms with Gasteiger partial charge in [0, 0.05) is 38.3 Å². The van der Waals surface area contributed by atoms with Gasteiger partial charge < -0.3 is 54.1 Å². The van der Waals surface area contributed by atoms with Gasteiger partial charge in [-0.05, 0) is 85.9 Å². The van der Waals surface area contributed by atoms with Crippen molar-refractivity contribution in [3.05, 3.63) is 65.9 Å². The number of nitrogens with one attached hydrogen (secondary N) is 4. The maximum Gasteiger partial charge on any atom is 0.407 e. The Morgan fingerprint density at radius 3 is 2.03 bits per heavy atom. The number of amides is 4. The Bertz CT molecular complexity index is 2450. The van der Waals surface area contributed by atoms with Gasteiger partial charge in [0.2, 0.25) is 11.8 Å². The molecule has 3 aliphatic rings. The second-order valence-corrected chi connectivity index (χ2v) is 15.5. The minimum atomic E-state index is -0.920. The number of imidazole rings is 2. The normalized spacial score (nSPS) is 19.2. The molecule has 0 radical (unpaired) electrons. The molecule has 0 spiro atoms. The molecule has 5 heterocycles. The number of aromatic amines is 2. The summed E-state index contributed by atoms with van der Waals surface area (Å²) < 4.78 is 26.8. The zero-order valence-corrected chi connectivity index (χ0v) is 34.5. The fraction of sp³-hybridized carbons (Fsp3) is 0.442. The minimum absolute atomic E-state index is 0.259. The number of carbonyl (C=O) groups is 4. The molecule has 2 aromatic heterocycles. The number of alkyl carbamates (subject to hydrolysis) is 2. The molecule has 17 heteroatoms. The van der Waals surface area contributed by atoms with E-state index < -0.39 is 36.5 Å². The van der Waals surface area contributed by atoms with Gasteiger partial charge in [-0.3, -0.25) is 9.59 Å². The average molecular weight is 823 g/mol. The van der Waals surface area contributed by atoms with Gasteiger partial charge in [-0.15, -0.1) is 0 Å². The molecule has 5 aromatic rings. The molecule has 3 aromatic carbocycles. The molecule has 6 atom stereocenters. The molecule has 0 saturated carbocycles. The summed E-state index contributed by atoms with van der Waals surface area (Å²) in [6.07, 6.45) is 2.26. The largest absolute Gasteiger partial charge is 0.488 e. The third-order valence-corrected chi connectivity index (χ3v) is 12.1. The number of methoxy groups -OCH3 is 4. The lowest BCUT2D eigenvalue weighted by Crippen LogP contribution is -2.54. The van der Waals surface area contributed by atoms with Crippen LogP contribution in [0.25, 0.3) is 44.2 Å². The van der Waals surface area contributed by atoms with E-state index in [0.717, 1.165) is 81.2 Å². The van der Waals surface area contributed by atoms with E-state index in [1.807, 2.05) is 12.1 Å². The molecule has 17 nitrogen and oxygen atoms in total. The SMILES string of the molecule is COC(=O)NC(C(=O)N1CCC[C@H]1c1ncc(-c2ccc3c(c2)COc2cc4c(ccc5[nH]c([C@@H]6CCCN6C(=O)[C@@H](NC(=O)OC)[C@@H](C)OC)nc54)cc2-3)[nH]1)[C@@H](C)OC. The zero-order valence-electron chi connectivity index (χ0n) is 34.5. The molecule has 4 amide bonds. The second kappa shape index (κ2) is 16.8. The molecule has 0 aliphatic carbocycles. The highest BCUT2D eigenvalue weighted by Crippen LogP contribution is 2.43. The summed E-state index contributed by atoms with van der Waals surface area (Å²) in [7, 11) is 5.51. The van der Waals surface area contributed by atoms with Gasteiger partial charge >= 0.3 is 12.2 Å². The van der Waals surface area contributed by atoms with Crippen molar-refractivity contribution in [3.63, 3.8) is 0 Å². The van der Waals surface area contributed by atoms with Gasteiger partial charge in [0.05, 0.1) is 61.4 Å². The first-order valence-electron chi connectivity index (χ1n) is 20.2. The molecular formula is C43H50N8O9. The van der Waals surface area contributed by atoms with Crippen LogP contribution < -0.4 is 15.4 Å². The summed E-state index contributed by atoms with van der Waals surface area (Å²) >= 11 is 0. The zero-order chi connectivity index (χ0) is 42.2. The number of H-pyrrole nitrogens is 2. The summed E-state index contributed by atoms with van der Waals surface area (Å²) in [4.78, 5) is 72.0. The van der Waals surface area contributed by atoms with Crippen molar-refractivity contribution in [3.8, 4) is 28.1 Å². The van der Waals surface area contributed by atoms with Crippen LogP contribution in [0.4, 0.5) is 9.59 Å². The molecular weight excluding hydrogens is 773 g/mol. The third kappa shape index (κ3) is 7.47. The number of carbonyl (C=O) groups excluding carboxylic acids is 4. The molecule has 316 valence electrons. The molecule has 2 saturated heterocycles. The van der Waals surface area contributed by atoms with Crippen LogP contribution in [-0.4, -0.2) is 120 Å². The fourth-order valence-electron chi connectivity index (χ4n) is 8.67. The number of hydrogen-bond acceptors (Lipinski definition) is 11. The second-order valence-electron chi connectivity index (χ2n) is 15.5. The number of nitrogens with zero attached hydrogens (tertiary/aromatic N) is 4. The van der Waals surface area contributed by atoms with Gasteiger partial charge in [-0.1, -0.05) is 18.2 Å². The number of likely N-dealkylation sites (tertiary alicyclic amines) is 2. The van der Waals surface area contributed by atoms with Crippen LogP contribution in [0.3, 0.4) is 0 Å². The van der Waals surface area contributed by atoms with Crippen LogP contribution in [0, 0.1) is 0 Å². The molecule has 1 unspecified atom stereocenters. The maximum atomic E-state index is 13.8. The van der Waals surface area contributed by atoms with Crippen molar-refractivity contribution in [2.45, 2.75) is 82.5 Å². The minimum Gasteiger partial charge on any atom is -0.488 e. The van der Waals surface area contributed by atoms with E-state index in [9.17, 15) is 19.2 Å². The Labute approximate surface area is 346 Å². The number of benzene rings is 3. The van der Waals surface area contributed by atoms with Gasteiger partial charge in [-0.2, -0.15) is 0 Å².